The Balaban J connectivity index is 0.00000121. The molecule has 1 heterocycles. The first-order valence-electron chi connectivity index (χ1n) is 3.15. The van der Waals surface area contributed by atoms with Crippen molar-refractivity contribution in [3.63, 3.8) is 0 Å². The minimum absolute atomic E-state index is 0. The summed E-state index contributed by atoms with van der Waals surface area (Å²) in [7, 11) is 0. The van der Waals surface area contributed by atoms with Gasteiger partial charge in [-0.25, -0.2) is 4.98 Å². The molecule has 0 fully saturated rings. The molecule has 0 aliphatic carbocycles. The summed E-state index contributed by atoms with van der Waals surface area (Å²) in [5.41, 5.74) is 0. The molecule has 0 amide bonds. The third-order valence-corrected chi connectivity index (χ3v) is 0.963. The second-order valence-corrected chi connectivity index (χ2v) is 1.75. The maximum absolute atomic E-state index is 10.7. The van der Waals surface area contributed by atoms with Crippen molar-refractivity contribution in [2.45, 2.75) is 13.3 Å². The second kappa shape index (κ2) is 5.62. The molecule has 69 valence electrons. The van der Waals surface area contributed by atoms with Crippen LogP contribution in [0.4, 0.5) is 0 Å². The van der Waals surface area contributed by atoms with Gasteiger partial charge in [0.1, 0.15) is 12.7 Å². The van der Waals surface area contributed by atoms with Crippen LogP contribution in [0, 0.1) is 0 Å². The number of ether oxygens (including phenoxy) is 1. The minimum Gasteiger partial charge on any atom is -0.391 e. The molecule has 0 N–H and O–H groups in total. The Morgan fingerprint density at radius 1 is 1.50 bits per heavy atom. The van der Waals surface area contributed by atoms with Gasteiger partial charge in [-0.05, 0) is 0 Å². The Morgan fingerprint density at radius 2 is 2.08 bits per heavy atom. The van der Waals surface area contributed by atoms with E-state index < -0.39 is 0 Å². The first kappa shape index (κ1) is 11.0. The summed E-state index contributed by atoms with van der Waals surface area (Å²) >= 11 is 0. The van der Waals surface area contributed by atoms with Crippen LogP contribution in [0.1, 0.15) is 13.3 Å². The number of carbonyl (C=O) groups is 1. The Labute approximate surface area is 80.1 Å². The molecule has 1 rings (SSSR count). The van der Waals surface area contributed by atoms with Gasteiger partial charge in [0.05, 0.1) is 0 Å². The Kier molecular flexibility index (Phi) is 5.16. The fourth-order valence-electron chi connectivity index (χ4n) is 0.455. The fraction of sp³-hybridized carbons (Fsp3) is 0.333. The SMILES string of the molecule is CCC(=O)Oc1ncncn1.[Cu]. The van der Waals surface area contributed by atoms with E-state index in [1.165, 1.54) is 12.7 Å². The molecule has 1 radical (unpaired) electrons. The van der Waals surface area contributed by atoms with E-state index in [0.717, 1.165) is 0 Å². The van der Waals surface area contributed by atoms with Crippen molar-refractivity contribution in [2.24, 2.45) is 0 Å². The van der Waals surface area contributed by atoms with Gasteiger partial charge >= 0.3 is 12.0 Å². The molecule has 5 nitrogen and oxygen atoms in total. The summed E-state index contributed by atoms with van der Waals surface area (Å²) in [6.07, 6.45) is 2.85. The number of rotatable bonds is 2. The van der Waals surface area contributed by atoms with Gasteiger partial charge in [-0.15, -0.1) is 0 Å². The van der Waals surface area contributed by atoms with Gasteiger partial charge in [-0.2, -0.15) is 9.97 Å². The first-order valence-corrected chi connectivity index (χ1v) is 3.15. The summed E-state index contributed by atoms with van der Waals surface area (Å²) in [5, 5.41) is 0. The number of hydrogen-bond acceptors (Lipinski definition) is 5. The Hall–Kier alpha value is -1.00. The van der Waals surface area contributed by atoms with Crippen molar-refractivity contribution in [3.05, 3.63) is 12.7 Å². The number of hydrogen-bond donors (Lipinski definition) is 0. The molecule has 0 saturated carbocycles. The molecule has 0 bridgehead atoms. The van der Waals surface area contributed by atoms with E-state index >= 15 is 0 Å². The van der Waals surface area contributed by atoms with Crippen LogP contribution in [0.25, 0.3) is 0 Å². The second-order valence-electron chi connectivity index (χ2n) is 1.75. The van der Waals surface area contributed by atoms with E-state index in [9.17, 15) is 4.79 Å². The molecule has 0 aliphatic heterocycles. The van der Waals surface area contributed by atoms with Crippen molar-refractivity contribution in [1.29, 1.82) is 0 Å². The summed E-state index contributed by atoms with van der Waals surface area (Å²) in [5.74, 6) is -0.351. The Morgan fingerprint density at radius 3 is 2.58 bits per heavy atom. The van der Waals surface area contributed by atoms with Crippen LogP contribution >= 0.6 is 0 Å². The average molecular weight is 217 g/mol. The zero-order valence-corrected chi connectivity index (χ0v) is 7.26. The van der Waals surface area contributed by atoms with Crippen molar-refractivity contribution < 1.29 is 26.6 Å². The number of esters is 1. The van der Waals surface area contributed by atoms with E-state index in [1.807, 2.05) is 0 Å². The smallest absolute Gasteiger partial charge is 0.327 e. The molecule has 0 atom stereocenters. The summed E-state index contributed by atoms with van der Waals surface area (Å²) < 4.78 is 4.66. The van der Waals surface area contributed by atoms with Crippen LogP contribution in [0.5, 0.6) is 6.01 Å². The third kappa shape index (κ3) is 3.41. The van der Waals surface area contributed by atoms with Gasteiger partial charge in [0, 0.05) is 23.5 Å². The van der Waals surface area contributed by atoms with Gasteiger partial charge < -0.3 is 4.74 Å². The molecule has 0 aromatic carbocycles. The monoisotopic (exact) mass is 216 g/mol. The average Bonchev–Trinajstić information content (AvgIpc) is 2.06. The normalized spacial score (nSPS) is 8.42. The number of carbonyl (C=O) groups excluding carboxylic acids is 1. The Bertz CT molecular complexity index is 242. The van der Waals surface area contributed by atoms with Gasteiger partial charge in [-0.3, -0.25) is 4.79 Å². The van der Waals surface area contributed by atoms with E-state index in [-0.39, 0.29) is 29.0 Å². The molecule has 0 saturated heterocycles. The topological polar surface area (TPSA) is 65.0 Å². The van der Waals surface area contributed by atoms with E-state index in [2.05, 4.69) is 19.7 Å². The molecule has 1 aromatic rings. The predicted octanol–water partition coefficient (Wildman–Crippen LogP) is 0.184. The number of nitrogens with zero attached hydrogens (tertiary/aromatic N) is 3. The standard InChI is InChI=1S/C6H7N3O2.Cu/c1-2-5(10)11-6-8-3-7-4-9-6;/h3-4H,2H2,1H3;. The molecule has 0 spiro atoms. The third-order valence-electron chi connectivity index (χ3n) is 0.963. The van der Waals surface area contributed by atoms with Crippen LogP contribution < -0.4 is 4.74 Å². The largest absolute Gasteiger partial charge is 0.391 e. The summed E-state index contributed by atoms with van der Waals surface area (Å²) in [6, 6.07) is 0.0480. The van der Waals surface area contributed by atoms with Crippen LogP contribution in [-0.2, 0) is 21.9 Å². The van der Waals surface area contributed by atoms with E-state index in [4.69, 9.17) is 0 Å². The minimum atomic E-state index is -0.351. The van der Waals surface area contributed by atoms with Crippen LogP contribution in [0.3, 0.4) is 0 Å². The van der Waals surface area contributed by atoms with Crippen molar-refractivity contribution >= 4 is 5.97 Å². The maximum Gasteiger partial charge on any atom is 0.327 e. The molecule has 0 unspecified atom stereocenters. The zero-order chi connectivity index (χ0) is 8.10. The zero-order valence-electron chi connectivity index (χ0n) is 6.32. The molecular weight excluding hydrogens is 210 g/mol. The van der Waals surface area contributed by atoms with Gasteiger partial charge in [0.2, 0.25) is 0 Å². The quantitative estimate of drug-likeness (QED) is 0.522. The number of aromatic nitrogens is 3. The molecule has 1 aromatic heterocycles. The first-order chi connectivity index (χ1) is 5.33. The summed E-state index contributed by atoms with van der Waals surface area (Å²) in [4.78, 5) is 21.4. The van der Waals surface area contributed by atoms with Crippen molar-refractivity contribution in [3.8, 4) is 6.01 Å². The van der Waals surface area contributed by atoms with Crippen LogP contribution in [-0.4, -0.2) is 20.9 Å². The maximum atomic E-state index is 10.7. The molecule has 6 heteroatoms. The van der Waals surface area contributed by atoms with E-state index in [0.29, 0.717) is 6.42 Å². The fourth-order valence-corrected chi connectivity index (χ4v) is 0.455. The van der Waals surface area contributed by atoms with Crippen LogP contribution in [0.2, 0.25) is 0 Å². The van der Waals surface area contributed by atoms with Crippen LogP contribution in [0.15, 0.2) is 12.7 Å². The van der Waals surface area contributed by atoms with Gasteiger partial charge in [-0.1, -0.05) is 6.92 Å². The van der Waals surface area contributed by atoms with Gasteiger partial charge in [0.15, 0.2) is 0 Å². The van der Waals surface area contributed by atoms with E-state index in [1.54, 1.807) is 6.92 Å². The van der Waals surface area contributed by atoms with Crippen molar-refractivity contribution in [2.75, 3.05) is 0 Å². The molecule has 0 aliphatic rings. The van der Waals surface area contributed by atoms with Crippen molar-refractivity contribution in [1.82, 2.24) is 15.0 Å². The van der Waals surface area contributed by atoms with Gasteiger partial charge in [0.25, 0.3) is 0 Å². The molecular formula is C6H7CuN3O2. The predicted molar refractivity (Wildman–Crippen MR) is 35.8 cm³/mol. The summed E-state index contributed by atoms with van der Waals surface area (Å²) in [6.45, 7) is 1.70. The molecule has 12 heavy (non-hydrogen) atoms.